The fraction of sp³-hybridized carbons (Fsp3) is 0.300. The number of rotatable bonds is 6. The van der Waals surface area contributed by atoms with Crippen molar-refractivity contribution in [2.75, 3.05) is 12.3 Å². The van der Waals surface area contributed by atoms with Crippen molar-refractivity contribution in [3.63, 3.8) is 0 Å². The monoisotopic (exact) mass is 241 g/mol. The predicted octanol–water partition coefficient (Wildman–Crippen LogP) is 1.82. The quantitative estimate of drug-likeness (QED) is 0.607. The highest BCUT2D eigenvalue weighted by Gasteiger charge is 2.19. The van der Waals surface area contributed by atoms with E-state index in [0.29, 0.717) is 0 Å². The Labute approximate surface area is 96.6 Å². The van der Waals surface area contributed by atoms with E-state index in [2.05, 4.69) is 0 Å². The minimum Gasteiger partial charge on any atom is -0.481 e. The number of nitrogens with zero attached hydrogens (tertiary/aromatic N) is 1. The van der Waals surface area contributed by atoms with Gasteiger partial charge in [0.1, 0.15) is 0 Å². The number of carbonyl (C=O) groups is 1. The lowest BCUT2D eigenvalue weighted by Gasteiger charge is -2.11. The number of carboxylic acids is 1. The van der Waals surface area contributed by atoms with Crippen LogP contribution in [-0.4, -0.2) is 28.3 Å². The van der Waals surface area contributed by atoms with Gasteiger partial charge in [-0.1, -0.05) is 30.3 Å². The fourth-order valence-corrected chi connectivity index (χ4v) is 2.15. The molecule has 0 aliphatic rings. The van der Waals surface area contributed by atoms with Gasteiger partial charge in [-0.15, -0.1) is 11.8 Å². The molecule has 0 heterocycles. The van der Waals surface area contributed by atoms with Crippen LogP contribution in [0.5, 0.6) is 0 Å². The summed E-state index contributed by atoms with van der Waals surface area (Å²) < 4.78 is 0. The van der Waals surface area contributed by atoms with Gasteiger partial charge in [-0.25, -0.2) is 0 Å². The van der Waals surface area contributed by atoms with Crippen LogP contribution in [-0.2, 0) is 4.79 Å². The molecule has 1 atom stereocenters. The molecule has 1 aromatic rings. The van der Waals surface area contributed by atoms with Crippen molar-refractivity contribution in [2.24, 2.45) is 0 Å². The molecule has 1 unspecified atom stereocenters. The van der Waals surface area contributed by atoms with E-state index >= 15 is 0 Å². The Balaban J connectivity index is 2.71. The van der Waals surface area contributed by atoms with Crippen LogP contribution < -0.4 is 0 Å². The van der Waals surface area contributed by atoms with Crippen LogP contribution in [0.15, 0.2) is 30.3 Å². The summed E-state index contributed by atoms with van der Waals surface area (Å²) in [5.41, 5.74) is 0.783. The fourth-order valence-electron chi connectivity index (χ4n) is 1.23. The van der Waals surface area contributed by atoms with Gasteiger partial charge < -0.3 is 5.11 Å². The van der Waals surface area contributed by atoms with E-state index in [0.717, 1.165) is 17.3 Å². The van der Waals surface area contributed by atoms with E-state index in [-0.39, 0.29) is 12.3 Å². The van der Waals surface area contributed by atoms with Crippen molar-refractivity contribution in [1.82, 2.24) is 0 Å². The Kier molecular flexibility index (Phi) is 4.78. The Morgan fingerprint density at radius 1 is 1.44 bits per heavy atom. The summed E-state index contributed by atoms with van der Waals surface area (Å²) in [6.07, 6.45) is 0. The number of nitro groups is 1. The number of thioether (sulfide) groups is 1. The first-order valence-corrected chi connectivity index (χ1v) is 5.64. The topological polar surface area (TPSA) is 80.4 Å². The summed E-state index contributed by atoms with van der Waals surface area (Å²) in [6.45, 7) is -0.262. The highest BCUT2D eigenvalue weighted by atomic mass is 32.2. The van der Waals surface area contributed by atoms with E-state index in [4.69, 9.17) is 5.11 Å². The van der Waals surface area contributed by atoms with Crippen LogP contribution in [0.2, 0.25) is 0 Å². The first-order chi connectivity index (χ1) is 7.59. The van der Waals surface area contributed by atoms with Crippen molar-refractivity contribution in [1.29, 1.82) is 0 Å². The van der Waals surface area contributed by atoms with Gasteiger partial charge in [-0.3, -0.25) is 14.9 Å². The van der Waals surface area contributed by atoms with Crippen molar-refractivity contribution in [3.05, 3.63) is 46.0 Å². The van der Waals surface area contributed by atoms with Crippen molar-refractivity contribution < 1.29 is 14.8 Å². The van der Waals surface area contributed by atoms with Crippen LogP contribution in [0.1, 0.15) is 10.8 Å². The molecule has 0 amide bonds. The summed E-state index contributed by atoms with van der Waals surface area (Å²) in [4.78, 5) is 20.5. The van der Waals surface area contributed by atoms with Gasteiger partial charge in [0.05, 0.1) is 11.0 Å². The van der Waals surface area contributed by atoms with E-state index in [9.17, 15) is 14.9 Å². The van der Waals surface area contributed by atoms with Gasteiger partial charge in [-0.05, 0) is 5.56 Å². The van der Waals surface area contributed by atoms with Gasteiger partial charge >= 0.3 is 5.97 Å². The summed E-state index contributed by atoms with van der Waals surface area (Å²) in [7, 11) is 0. The molecule has 0 aliphatic carbocycles. The molecule has 5 nitrogen and oxygen atoms in total. The maximum atomic E-state index is 10.5. The lowest BCUT2D eigenvalue weighted by atomic mass is 10.1. The molecule has 0 aliphatic heterocycles. The summed E-state index contributed by atoms with van der Waals surface area (Å²) >= 11 is 1.07. The molecule has 6 heteroatoms. The third kappa shape index (κ3) is 4.31. The van der Waals surface area contributed by atoms with Crippen molar-refractivity contribution in [3.8, 4) is 0 Å². The first-order valence-electron chi connectivity index (χ1n) is 4.59. The molecule has 0 spiro atoms. The lowest BCUT2D eigenvalue weighted by molar-refractivity contribution is -0.479. The van der Waals surface area contributed by atoms with Crippen molar-refractivity contribution >= 4 is 17.7 Å². The highest BCUT2D eigenvalue weighted by Crippen LogP contribution is 2.28. The number of carboxylic acid groups (broad SMARTS) is 1. The lowest BCUT2D eigenvalue weighted by Crippen LogP contribution is -2.12. The normalized spacial score (nSPS) is 12.0. The smallest absolute Gasteiger partial charge is 0.313 e. The minimum absolute atomic E-state index is 0.132. The zero-order chi connectivity index (χ0) is 12.0. The first kappa shape index (κ1) is 12.5. The Hall–Kier alpha value is -1.56. The minimum atomic E-state index is -0.964. The summed E-state index contributed by atoms with van der Waals surface area (Å²) in [6, 6.07) is 8.91. The van der Waals surface area contributed by atoms with Gasteiger partial charge in [0.15, 0.2) is 0 Å². The average molecular weight is 241 g/mol. The predicted molar refractivity (Wildman–Crippen MR) is 61.1 cm³/mol. The number of benzene rings is 1. The van der Waals surface area contributed by atoms with Crippen LogP contribution in [0.3, 0.4) is 0 Å². The van der Waals surface area contributed by atoms with Gasteiger partial charge in [-0.2, -0.15) is 0 Å². The second-order valence-electron chi connectivity index (χ2n) is 3.12. The molecule has 0 aromatic heterocycles. The molecule has 0 saturated carbocycles. The molecular weight excluding hydrogens is 230 g/mol. The van der Waals surface area contributed by atoms with Crippen LogP contribution in [0, 0.1) is 10.1 Å². The Morgan fingerprint density at radius 2 is 2.06 bits per heavy atom. The van der Waals surface area contributed by atoms with Crippen LogP contribution in [0.25, 0.3) is 0 Å². The maximum Gasteiger partial charge on any atom is 0.313 e. The molecule has 1 N–H and O–H groups in total. The third-order valence-electron chi connectivity index (χ3n) is 1.89. The summed E-state index contributed by atoms with van der Waals surface area (Å²) in [5.74, 6) is -1.10. The molecule has 0 saturated heterocycles. The van der Waals surface area contributed by atoms with Gasteiger partial charge in [0.25, 0.3) is 0 Å². The largest absolute Gasteiger partial charge is 0.481 e. The van der Waals surface area contributed by atoms with E-state index < -0.39 is 16.1 Å². The van der Waals surface area contributed by atoms with Gasteiger partial charge in [0, 0.05) is 4.92 Å². The third-order valence-corrected chi connectivity index (χ3v) is 3.13. The molecular formula is C10H11NO4S. The number of aliphatic carboxylic acids is 1. The van der Waals surface area contributed by atoms with E-state index in [1.54, 1.807) is 24.3 Å². The Bertz CT molecular complexity index is 368. The second kappa shape index (κ2) is 6.12. The zero-order valence-electron chi connectivity index (χ0n) is 8.41. The molecule has 1 aromatic carbocycles. The number of hydrogen-bond donors (Lipinski definition) is 1. The highest BCUT2D eigenvalue weighted by molar-refractivity contribution is 8.00. The molecule has 86 valence electrons. The van der Waals surface area contributed by atoms with Crippen LogP contribution in [0.4, 0.5) is 0 Å². The molecule has 16 heavy (non-hydrogen) atoms. The zero-order valence-corrected chi connectivity index (χ0v) is 9.22. The van der Waals surface area contributed by atoms with Crippen molar-refractivity contribution in [2.45, 2.75) is 5.25 Å². The van der Waals surface area contributed by atoms with E-state index in [1.165, 1.54) is 0 Å². The number of hydrogen-bond acceptors (Lipinski definition) is 4. The molecule has 0 bridgehead atoms. The standard InChI is InChI=1S/C10H11NO4S/c12-10(13)7-16-9(6-11(14)15)8-4-2-1-3-5-8/h1-5,9H,6-7H2,(H,12,13). The van der Waals surface area contributed by atoms with Gasteiger partial charge in [0.2, 0.25) is 6.54 Å². The maximum absolute atomic E-state index is 10.5. The van der Waals surface area contributed by atoms with E-state index in [1.807, 2.05) is 6.07 Å². The average Bonchev–Trinajstić information content (AvgIpc) is 2.25. The Morgan fingerprint density at radius 3 is 2.56 bits per heavy atom. The molecule has 1 rings (SSSR count). The SMILES string of the molecule is O=C(O)CSC(C[N+](=O)[O-])c1ccccc1. The second-order valence-corrected chi connectivity index (χ2v) is 4.31. The van der Waals surface area contributed by atoms with Crippen LogP contribution >= 0.6 is 11.8 Å². The molecule has 0 radical (unpaired) electrons. The molecule has 0 fully saturated rings. The summed E-state index contributed by atoms with van der Waals surface area (Å²) in [5, 5.41) is 18.6.